The van der Waals surface area contributed by atoms with E-state index in [1.54, 1.807) is 13.8 Å². The molecule has 24 heavy (non-hydrogen) atoms. The molecule has 0 radical (unpaired) electrons. The maximum absolute atomic E-state index is 12.2. The molecule has 0 atom stereocenters. The highest BCUT2D eigenvalue weighted by Crippen LogP contribution is 2.16. The molecule has 1 heterocycles. The highest BCUT2D eigenvalue weighted by Gasteiger charge is 2.28. The fourth-order valence-electron chi connectivity index (χ4n) is 1.93. The number of esters is 2. The van der Waals surface area contributed by atoms with Crippen molar-refractivity contribution in [2.24, 2.45) is 0 Å². The average molecular weight is 333 g/mol. The first-order chi connectivity index (χ1) is 11.5. The summed E-state index contributed by atoms with van der Waals surface area (Å²) in [6.07, 6.45) is 0. The van der Waals surface area contributed by atoms with Crippen LogP contribution in [0.3, 0.4) is 0 Å². The molecule has 9 heteroatoms. The maximum atomic E-state index is 12.2. The summed E-state index contributed by atoms with van der Waals surface area (Å²) in [6.45, 7) is 3.46. The van der Waals surface area contributed by atoms with E-state index in [9.17, 15) is 14.4 Å². The monoisotopic (exact) mass is 333 g/mol. The lowest BCUT2D eigenvalue weighted by atomic mass is 10.2. The molecule has 2 rings (SSSR count). The van der Waals surface area contributed by atoms with Crippen LogP contribution in [0.1, 0.15) is 45.2 Å². The fourth-order valence-corrected chi connectivity index (χ4v) is 1.93. The first-order valence-electron chi connectivity index (χ1n) is 7.13. The predicted octanol–water partition coefficient (Wildman–Crippen LogP) is 1.32. The molecule has 0 spiro atoms. The van der Waals surface area contributed by atoms with E-state index in [1.165, 1.54) is 24.3 Å². The summed E-state index contributed by atoms with van der Waals surface area (Å²) < 4.78 is 10.9. The molecule has 9 nitrogen and oxygen atoms in total. The highest BCUT2D eigenvalue weighted by molar-refractivity contribution is 6.00. The second-order valence-corrected chi connectivity index (χ2v) is 4.49. The second-order valence-electron chi connectivity index (χ2n) is 4.49. The number of carbonyl (C=O) groups is 3. The lowest BCUT2D eigenvalue weighted by Crippen LogP contribution is -2.17. The van der Waals surface area contributed by atoms with Gasteiger partial charge in [-0.3, -0.25) is 0 Å². The van der Waals surface area contributed by atoms with Gasteiger partial charge in [0.05, 0.1) is 24.5 Å². The van der Waals surface area contributed by atoms with Gasteiger partial charge >= 0.3 is 17.9 Å². The first kappa shape index (κ1) is 17.1. The molecule has 1 N–H and O–H groups in total. The van der Waals surface area contributed by atoms with Crippen LogP contribution in [-0.4, -0.2) is 51.2 Å². The van der Waals surface area contributed by atoms with Crippen LogP contribution < -0.4 is 0 Å². The zero-order valence-corrected chi connectivity index (χ0v) is 13.1. The number of carbonyl (C=O) groups excluding carboxylic acids is 2. The Morgan fingerprint density at radius 3 is 2.17 bits per heavy atom. The Labute approximate surface area is 136 Å². The molecule has 0 saturated carbocycles. The van der Waals surface area contributed by atoms with E-state index in [0.717, 1.165) is 4.68 Å². The number of nitrogens with zero attached hydrogens (tertiary/aromatic N) is 3. The minimum absolute atomic E-state index is 0.0715. The van der Waals surface area contributed by atoms with Gasteiger partial charge in [0.1, 0.15) is 0 Å². The third-order valence-electron chi connectivity index (χ3n) is 2.97. The van der Waals surface area contributed by atoms with Crippen LogP contribution in [0.5, 0.6) is 0 Å². The molecule has 0 bridgehead atoms. The van der Waals surface area contributed by atoms with Crippen molar-refractivity contribution in [1.29, 1.82) is 0 Å². The Bertz CT molecular complexity index is 766. The molecule has 0 unspecified atom stereocenters. The van der Waals surface area contributed by atoms with Crippen molar-refractivity contribution in [2.45, 2.75) is 13.8 Å². The number of aromatic nitrogens is 3. The Kier molecular flexibility index (Phi) is 5.25. The van der Waals surface area contributed by atoms with Gasteiger partial charge in [0.25, 0.3) is 0 Å². The lowest BCUT2D eigenvalue weighted by molar-refractivity contribution is 0.0469. The second kappa shape index (κ2) is 7.36. The smallest absolute Gasteiger partial charge is 0.361 e. The predicted molar refractivity (Wildman–Crippen MR) is 80.2 cm³/mol. The van der Waals surface area contributed by atoms with Gasteiger partial charge in [0.2, 0.25) is 5.69 Å². The van der Waals surface area contributed by atoms with Crippen LogP contribution in [0.25, 0.3) is 5.69 Å². The molecule has 126 valence electrons. The molecule has 2 aromatic rings. The van der Waals surface area contributed by atoms with Crippen molar-refractivity contribution in [1.82, 2.24) is 15.0 Å². The topological polar surface area (TPSA) is 121 Å². The largest absolute Gasteiger partial charge is 0.478 e. The number of hydrogen-bond donors (Lipinski definition) is 1. The number of ether oxygens (including phenoxy) is 2. The van der Waals surface area contributed by atoms with Gasteiger partial charge < -0.3 is 14.6 Å². The summed E-state index contributed by atoms with van der Waals surface area (Å²) in [5.74, 6) is -2.67. The van der Waals surface area contributed by atoms with E-state index in [4.69, 9.17) is 14.6 Å². The Balaban J connectivity index is 2.51. The van der Waals surface area contributed by atoms with Gasteiger partial charge in [0, 0.05) is 0 Å². The van der Waals surface area contributed by atoms with Crippen LogP contribution in [0, 0.1) is 0 Å². The van der Waals surface area contributed by atoms with Crippen molar-refractivity contribution in [2.75, 3.05) is 13.2 Å². The van der Waals surface area contributed by atoms with Gasteiger partial charge in [-0.15, -0.1) is 5.10 Å². The zero-order valence-electron chi connectivity index (χ0n) is 13.1. The summed E-state index contributed by atoms with van der Waals surface area (Å²) in [5, 5.41) is 16.4. The molecule has 0 aliphatic heterocycles. The molecule has 0 aliphatic carbocycles. The molecule has 0 saturated heterocycles. The minimum Gasteiger partial charge on any atom is -0.478 e. The lowest BCUT2D eigenvalue weighted by Gasteiger charge is -2.07. The van der Waals surface area contributed by atoms with Crippen molar-refractivity contribution >= 4 is 17.9 Å². The summed E-state index contributed by atoms with van der Waals surface area (Å²) in [5.41, 5.74) is -0.0238. The number of benzene rings is 1. The van der Waals surface area contributed by atoms with Gasteiger partial charge in [-0.2, -0.15) is 0 Å². The van der Waals surface area contributed by atoms with Gasteiger partial charge in [-0.1, -0.05) is 5.21 Å². The van der Waals surface area contributed by atoms with Crippen LogP contribution in [0.15, 0.2) is 24.3 Å². The quantitative estimate of drug-likeness (QED) is 0.786. The van der Waals surface area contributed by atoms with E-state index < -0.39 is 17.9 Å². The minimum atomic E-state index is -1.09. The molecular weight excluding hydrogens is 318 g/mol. The number of carboxylic acids is 1. The van der Waals surface area contributed by atoms with E-state index in [-0.39, 0.29) is 30.2 Å². The van der Waals surface area contributed by atoms with Crippen LogP contribution in [0.4, 0.5) is 0 Å². The van der Waals surface area contributed by atoms with Gasteiger partial charge in [0.15, 0.2) is 5.69 Å². The highest BCUT2D eigenvalue weighted by atomic mass is 16.5. The Hall–Kier alpha value is -3.23. The molecule has 1 aromatic carbocycles. The molecule has 0 aliphatic rings. The Morgan fingerprint density at radius 1 is 1.04 bits per heavy atom. The summed E-state index contributed by atoms with van der Waals surface area (Å²) >= 11 is 0. The third-order valence-corrected chi connectivity index (χ3v) is 2.97. The van der Waals surface area contributed by atoms with Gasteiger partial charge in [-0.25, -0.2) is 19.1 Å². The van der Waals surface area contributed by atoms with Crippen molar-refractivity contribution < 1.29 is 29.0 Å². The standard InChI is InChI=1S/C15H15N3O6/c1-3-23-14(21)11-12(15(22)24-4-2)18(17-16-11)10-7-5-9(6-8-10)13(19)20/h5-8H,3-4H2,1-2H3,(H,19,20). The third kappa shape index (κ3) is 3.40. The number of aromatic carboxylic acids is 1. The summed E-state index contributed by atoms with van der Waals surface area (Å²) in [4.78, 5) is 35.0. The van der Waals surface area contributed by atoms with E-state index in [2.05, 4.69) is 10.3 Å². The number of rotatable bonds is 6. The Morgan fingerprint density at radius 2 is 1.62 bits per heavy atom. The zero-order chi connectivity index (χ0) is 17.7. The molecule has 1 aromatic heterocycles. The molecular formula is C15H15N3O6. The van der Waals surface area contributed by atoms with E-state index in [1.807, 2.05) is 0 Å². The molecule has 0 amide bonds. The summed E-state index contributed by atoms with van der Waals surface area (Å²) in [6, 6.07) is 5.57. The van der Waals surface area contributed by atoms with Crippen molar-refractivity contribution in [3.63, 3.8) is 0 Å². The van der Waals surface area contributed by atoms with Crippen molar-refractivity contribution in [3.8, 4) is 5.69 Å². The van der Waals surface area contributed by atoms with Crippen LogP contribution in [-0.2, 0) is 9.47 Å². The molecule has 0 fully saturated rings. The number of carboxylic acid groups (broad SMARTS) is 1. The van der Waals surface area contributed by atoms with E-state index >= 15 is 0 Å². The maximum Gasteiger partial charge on any atom is 0.361 e. The number of hydrogen-bond acceptors (Lipinski definition) is 7. The first-order valence-corrected chi connectivity index (χ1v) is 7.13. The average Bonchev–Trinajstić information content (AvgIpc) is 3.00. The van der Waals surface area contributed by atoms with Crippen LogP contribution >= 0.6 is 0 Å². The van der Waals surface area contributed by atoms with Gasteiger partial charge in [-0.05, 0) is 38.1 Å². The van der Waals surface area contributed by atoms with Crippen LogP contribution in [0.2, 0.25) is 0 Å². The normalized spacial score (nSPS) is 10.2. The van der Waals surface area contributed by atoms with E-state index in [0.29, 0.717) is 5.69 Å². The fraction of sp³-hybridized carbons (Fsp3) is 0.267. The summed E-state index contributed by atoms with van der Waals surface area (Å²) in [7, 11) is 0. The van der Waals surface area contributed by atoms with Crippen molar-refractivity contribution in [3.05, 3.63) is 41.2 Å². The SMILES string of the molecule is CCOC(=O)c1nnn(-c2ccc(C(=O)O)cc2)c1C(=O)OCC.